The molecule has 0 fully saturated rings. The van der Waals surface area contributed by atoms with Crippen LogP contribution in [0.5, 0.6) is 0 Å². The first kappa shape index (κ1) is 42.1. The number of aromatic nitrogens is 1. The van der Waals surface area contributed by atoms with Gasteiger partial charge in [-0.05, 0) is 109 Å². The lowest BCUT2D eigenvalue weighted by molar-refractivity contribution is 0.590. The largest absolute Gasteiger partial charge is 0.455 e. The Morgan fingerprint density at radius 3 is 1.82 bits per heavy atom. The van der Waals surface area contributed by atoms with E-state index in [0.717, 1.165) is 33.4 Å². The molecule has 0 saturated heterocycles. The summed E-state index contributed by atoms with van der Waals surface area (Å²) in [4.78, 5) is 2.69. The zero-order valence-electron chi connectivity index (χ0n) is 42.0. The Balaban J connectivity index is 1.11. The average molecular weight is 945 g/mol. The number of rotatable bonds is 3. The van der Waals surface area contributed by atoms with Crippen LogP contribution in [-0.4, -0.2) is 11.4 Å². The summed E-state index contributed by atoms with van der Waals surface area (Å²) in [6.45, 7) is 18.5. The Morgan fingerprint density at radius 1 is 0.472 bits per heavy atom. The second-order valence-electron chi connectivity index (χ2n) is 23.3. The molecule has 72 heavy (non-hydrogen) atoms. The first-order valence-corrected chi connectivity index (χ1v) is 26.4. The fourth-order valence-electron chi connectivity index (χ4n) is 13.0. The Kier molecular flexibility index (Phi) is 8.37. The number of furan rings is 1. The summed E-state index contributed by atoms with van der Waals surface area (Å²) in [5.74, 6) is 1.78. The van der Waals surface area contributed by atoms with E-state index in [-0.39, 0.29) is 23.1 Å². The summed E-state index contributed by atoms with van der Waals surface area (Å²) in [6.07, 6.45) is 0. The lowest BCUT2D eigenvalue weighted by Gasteiger charge is -2.42. The predicted molar refractivity (Wildman–Crippen MR) is 308 cm³/mol. The quantitative estimate of drug-likeness (QED) is 0.165. The molecule has 3 aromatic heterocycles. The van der Waals surface area contributed by atoms with Crippen molar-refractivity contribution in [3.63, 3.8) is 0 Å². The molecule has 2 aliphatic heterocycles. The number of fused-ring (bicyclic) bond motifs is 15. The number of thiophene rings is 1. The molecular weight excluding hydrogens is 892 g/mol. The highest BCUT2D eigenvalue weighted by Gasteiger charge is 2.46. The number of nitrogens with zero attached hydrogens (tertiary/aromatic N) is 2. The highest BCUT2D eigenvalue weighted by Crippen LogP contribution is 2.54. The van der Waals surface area contributed by atoms with E-state index in [1.807, 2.05) is 11.3 Å². The van der Waals surface area contributed by atoms with Crippen molar-refractivity contribution in [2.24, 2.45) is 0 Å². The fourth-order valence-corrected chi connectivity index (χ4v) is 14.1. The molecule has 0 amide bonds. The van der Waals surface area contributed by atoms with E-state index >= 15 is 0 Å². The molecule has 0 atom stereocenters. The van der Waals surface area contributed by atoms with Gasteiger partial charge in [-0.25, -0.2) is 0 Å². The molecule has 346 valence electrons. The minimum atomic E-state index is -0.157. The molecule has 0 radical (unpaired) electrons. The van der Waals surface area contributed by atoms with Crippen molar-refractivity contribution in [3.05, 3.63) is 198 Å². The van der Waals surface area contributed by atoms with Gasteiger partial charge in [-0.3, -0.25) is 0 Å². The van der Waals surface area contributed by atoms with Gasteiger partial charge in [0.05, 0.1) is 11.0 Å². The molecule has 3 nitrogen and oxygen atoms in total. The van der Waals surface area contributed by atoms with Crippen LogP contribution in [0.4, 0.5) is 11.4 Å². The molecular formula is C67H53BN2OS. The first-order chi connectivity index (χ1) is 34.7. The Labute approximate surface area is 425 Å². The van der Waals surface area contributed by atoms with Gasteiger partial charge in [-0.15, -0.1) is 11.3 Å². The van der Waals surface area contributed by atoms with Gasteiger partial charge in [0, 0.05) is 80.9 Å². The van der Waals surface area contributed by atoms with E-state index in [1.54, 1.807) is 0 Å². The third-order valence-corrected chi connectivity index (χ3v) is 17.8. The van der Waals surface area contributed by atoms with Gasteiger partial charge in [-0.1, -0.05) is 183 Å². The maximum absolute atomic E-state index is 7.20. The van der Waals surface area contributed by atoms with Gasteiger partial charge < -0.3 is 13.8 Å². The van der Waals surface area contributed by atoms with E-state index in [0.29, 0.717) is 0 Å². The zero-order chi connectivity index (χ0) is 48.7. The van der Waals surface area contributed by atoms with Crippen molar-refractivity contribution >= 4 is 93.2 Å². The third kappa shape index (κ3) is 5.69. The number of benzene rings is 9. The second-order valence-corrected chi connectivity index (χ2v) is 24.4. The zero-order valence-corrected chi connectivity index (χ0v) is 42.8. The molecule has 15 rings (SSSR count). The summed E-state index contributed by atoms with van der Waals surface area (Å²) < 4.78 is 12.5. The molecule has 0 saturated carbocycles. The Hall–Kier alpha value is -7.60. The molecule has 0 spiro atoms. The van der Waals surface area contributed by atoms with Crippen molar-refractivity contribution in [3.8, 4) is 50.6 Å². The van der Waals surface area contributed by atoms with Crippen LogP contribution in [0.1, 0.15) is 77.6 Å². The van der Waals surface area contributed by atoms with Crippen LogP contribution in [0.15, 0.2) is 180 Å². The molecule has 0 unspecified atom stereocenters. The van der Waals surface area contributed by atoms with Gasteiger partial charge >= 0.3 is 6.85 Å². The van der Waals surface area contributed by atoms with Crippen molar-refractivity contribution in [1.82, 2.24) is 4.57 Å². The van der Waals surface area contributed by atoms with Gasteiger partial charge in [0.15, 0.2) is 0 Å². The van der Waals surface area contributed by atoms with Gasteiger partial charge in [0.2, 0.25) is 0 Å². The van der Waals surface area contributed by atoms with E-state index in [2.05, 4.69) is 241 Å². The third-order valence-electron chi connectivity index (χ3n) is 16.7. The van der Waals surface area contributed by atoms with Crippen molar-refractivity contribution in [2.75, 3.05) is 4.81 Å². The standard InChI is InChI=1S/C67H53BN2OS/c1-65(2,3)40-23-26-42(27-24-40)70-57-37-60-50(44-28-25-41(66(4,5)6)31-59(44)72-60)32-48(57)45-29-30-46-49-33-54-47(43-21-15-16-22-53(43)67(54,7)8)35-56(49)69-58-36-52-51(34-55(58)68(70)61(45)62(46)69)63(38-17-11-9-12-18-38)71-64(52)39-19-13-10-14-20-39/h9-37H,1-8H3. The molecule has 5 heteroatoms. The molecule has 0 N–H and O–H groups in total. The molecule has 0 bridgehead atoms. The van der Waals surface area contributed by atoms with Crippen LogP contribution in [0.25, 0.3) is 103 Å². The van der Waals surface area contributed by atoms with Crippen LogP contribution >= 0.6 is 11.3 Å². The maximum atomic E-state index is 7.20. The van der Waals surface area contributed by atoms with Crippen LogP contribution in [0.2, 0.25) is 0 Å². The SMILES string of the molecule is CC(C)(C)c1ccc(N2B3c4cc5c(-c6ccccc6)oc(-c6ccccc6)c5cc4-n4c5cc6c(cc5c5ccc(c3c54)-c3cc4c(cc32)sc2cc(C(C)(C)C)ccc24)C(C)(C)c2ccccc2-6)cc1. The maximum Gasteiger partial charge on any atom is 0.333 e. The summed E-state index contributed by atoms with van der Waals surface area (Å²) in [5.41, 5.74) is 21.5. The van der Waals surface area contributed by atoms with Crippen molar-refractivity contribution in [2.45, 2.75) is 71.6 Å². The summed E-state index contributed by atoms with van der Waals surface area (Å²) in [5, 5.41) is 7.45. The van der Waals surface area contributed by atoms with E-state index in [9.17, 15) is 0 Å². The topological polar surface area (TPSA) is 21.3 Å². The smallest absolute Gasteiger partial charge is 0.333 e. The molecule has 1 aliphatic carbocycles. The number of hydrogen-bond acceptors (Lipinski definition) is 3. The molecule has 5 heterocycles. The second kappa shape index (κ2) is 14.3. The Morgan fingerprint density at radius 2 is 1.11 bits per heavy atom. The van der Waals surface area contributed by atoms with E-state index in [4.69, 9.17) is 4.42 Å². The fraction of sp³-hybridized carbons (Fsp3) is 0.164. The van der Waals surface area contributed by atoms with Crippen LogP contribution < -0.4 is 15.7 Å². The number of anilines is 2. The predicted octanol–water partition coefficient (Wildman–Crippen LogP) is 17.4. The van der Waals surface area contributed by atoms with Crippen LogP contribution in [0, 0.1) is 0 Å². The van der Waals surface area contributed by atoms with Gasteiger partial charge in [0.25, 0.3) is 0 Å². The minimum Gasteiger partial charge on any atom is -0.455 e. The monoisotopic (exact) mass is 944 g/mol. The minimum absolute atomic E-state index is 0.0111. The van der Waals surface area contributed by atoms with Crippen LogP contribution in [-0.2, 0) is 16.2 Å². The summed E-state index contributed by atoms with van der Waals surface area (Å²) in [7, 11) is 0. The van der Waals surface area contributed by atoms with Gasteiger partial charge in [-0.2, -0.15) is 0 Å². The highest BCUT2D eigenvalue weighted by atomic mass is 32.1. The lowest BCUT2D eigenvalue weighted by Crippen LogP contribution is -2.60. The average Bonchev–Trinajstić information content (AvgIpc) is 4.10. The molecule has 12 aromatic rings. The first-order valence-electron chi connectivity index (χ1n) is 25.6. The van der Waals surface area contributed by atoms with Crippen LogP contribution in [0.3, 0.4) is 0 Å². The van der Waals surface area contributed by atoms with E-state index in [1.165, 1.54) is 114 Å². The van der Waals surface area contributed by atoms with E-state index < -0.39 is 0 Å². The normalized spacial score (nSPS) is 14.4. The van der Waals surface area contributed by atoms with Gasteiger partial charge in [0.1, 0.15) is 11.5 Å². The Bertz CT molecular complexity index is 4310. The highest BCUT2D eigenvalue weighted by molar-refractivity contribution is 7.25. The summed E-state index contributed by atoms with van der Waals surface area (Å²) >= 11 is 1.93. The molecule has 3 aliphatic rings. The van der Waals surface area contributed by atoms with Crippen molar-refractivity contribution < 1.29 is 4.42 Å². The number of hydrogen-bond donors (Lipinski definition) is 0. The van der Waals surface area contributed by atoms with Crippen molar-refractivity contribution in [1.29, 1.82) is 0 Å². The molecule has 9 aromatic carbocycles. The lowest BCUT2D eigenvalue weighted by atomic mass is 9.44. The summed E-state index contributed by atoms with van der Waals surface area (Å²) in [6, 6.07) is 67.1.